The molecule has 0 saturated carbocycles. The van der Waals surface area contributed by atoms with Crippen LogP contribution >= 0.6 is 0 Å². The smallest absolute Gasteiger partial charge is 0.471 e. The number of benzene rings is 1. The highest BCUT2D eigenvalue weighted by Gasteiger charge is 2.50. The molecule has 0 aromatic heterocycles. The zero-order valence-corrected chi connectivity index (χ0v) is 15.8. The Labute approximate surface area is 155 Å². The van der Waals surface area contributed by atoms with Crippen molar-refractivity contribution in [1.29, 1.82) is 0 Å². The molecule has 27 heavy (non-hydrogen) atoms. The van der Waals surface area contributed by atoms with Gasteiger partial charge in [-0.3, -0.25) is 4.79 Å². The molecule has 1 aromatic rings. The molecule has 1 amide bonds. The summed E-state index contributed by atoms with van der Waals surface area (Å²) in [7, 11) is -2.94. The number of carbonyl (C=O) groups excluding carboxylic acids is 1. The quantitative estimate of drug-likeness (QED) is 0.805. The summed E-state index contributed by atoms with van der Waals surface area (Å²) in [6.07, 6.45) is -5.21. The standard InChI is InChI=1S/C16H20F3N3O4S/c1-4-22(5-2)13-12(10-6-8-11(26-3)9-7-10)14(27(24,25)21-13)20-15(23)16(17,18)19/h6-9,12,14H,4-5H2,1-3H3,(H,20,23)/t12-,14+/m1/s1. The zero-order chi connectivity index (χ0) is 20.4. The van der Waals surface area contributed by atoms with E-state index in [-0.39, 0.29) is 5.84 Å². The fourth-order valence-corrected chi connectivity index (χ4v) is 4.34. The number of likely N-dealkylation sites (N-methyl/N-ethyl adjacent to an activating group) is 1. The van der Waals surface area contributed by atoms with E-state index in [9.17, 15) is 26.4 Å². The Balaban J connectivity index is 2.53. The van der Waals surface area contributed by atoms with E-state index in [0.717, 1.165) is 0 Å². The maximum atomic E-state index is 12.7. The summed E-state index contributed by atoms with van der Waals surface area (Å²) in [5, 5.41) is -0.256. The predicted octanol–water partition coefficient (Wildman–Crippen LogP) is 1.87. The molecule has 0 aliphatic carbocycles. The minimum Gasteiger partial charge on any atom is -0.497 e. The molecule has 0 unspecified atom stereocenters. The molecule has 0 radical (unpaired) electrons. The molecular formula is C16H20F3N3O4S. The number of hydrogen-bond donors (Lipinski definition) is 1. The van der Waals surface area contributed by atoms with Crippen LogP contribution in [0.3, 0.4) is 0 Å². The van der Waals surface area contributed by atoms with Gasteiger partial charge in [-0.25, -0.2) is 8.42 Å². The summed E-state index contributed by atoms with van der Waals surface area (Å²) in [6, 6.07) is 6.19. The number of hydrogen-bond acceptors (Lipinski definition) is 5. The summed E-state index contributed by atoms with van der Waals surface area (Å²) in [4.78, 5) is 13.0. The number of alkyl halides is 3. The molecule has 150 valence electrons. The van der Waals surface area contributed by atoms with Crippen molar-refractivity contribution >= 4 is 21.8 Å². The highest BCUT2D eigenvalue weighted by molar-refractivity contribution is 7.91. The van der Waals surface area contributed by atoms with E-state index in [1.54, 1.807) is 36.2 Å². The van der Waals surface area contributed by atoms with E-state index >= 15 is 0 Å². The third-order valence-corrected chi connectivity index (χ3v) is 5.69. The molecular weight excluding hydrogens is 387 g/mol. The van der Waals surface area contributed by atoms with Crippen molar-refractivity contribution in [2.24, 2.45) is 4.40 Å². The number of sulfonamides is 1. The first-order valence-corrected chi connectivity index (χ1v) is 9.65. The van der Waals surface area contributed by atoms with E-state index < -0.39 is 33.4 Å². The van der Waals surface area contributed by atoms with Gasteiger partial charge in [0.05, 0.1) is 13.0 Å². The molecule has 0 fully saturated rings. The first kappa shape index (κ1) is 21.0. The van der Waals surface area contributed by atoms with Crippen LogP contribution in [0.15, 0.2) is 28.7 Å². The molecule has 2 rings (SSSR count). The fourth-order valence-electron chi connectivity index (χ4n) is 2.86. The number of rotatable bonds is 5. The van der Waals surface area contributed by atoms with E-state index in [2.05, 4.69) is 4.40 Å². The molecule has 0 bridgehead atoms. The average molecular weight is 407 g/mol. The van der Waals surface area contributed by atoms with E-state index in [1.165, 1.54) is 19.2 Å². The minimum absolute atomic E-state index is 0.0950. The Morgan fingerprint density at radius 3 is 2.22 bits per heavy atom. The van der Waals surface area contributed by atoms with Crippen molar-refractivity contribution in [1.82, 2.24) is 10.2 Å². The van der Waals surface area contributed by atoms with Gasteiger partial charge in [-0.15, -0.1) is 4.40 Å². The summed E-state index contributed by atoms with van der Waals surface area (Å²) >= 11 is 0. The van der Waals surface area contributed by atoms with Crippen molar-refractivity contribution in [3.8, 4) is 5.75 Å². The SMILES string of the molecule is CCN(CC)C1=NS(=O)(=O)[C@H](NC(=O)C(F)(F)F)[C@@H]1c1ccc(OC)cc1. The van der Waals surface area contributed by atoms with Crippen LogP contribution in [0.2, 0.25) is 0 Å². The first-order valence-electron chi connectivity index (χ1n) is 8.15. The summed E-state index contributed by atoms with van der Waals surface area (Å²) in [5.41, 5.74) is 0.398. The van der Waals surface area contributed by atoms with Gasteiger partial charge in [0, 0.05) is 13.1 Å². The van der Waals surface area contributed by atoms with Gasteiger partial charge in [-0.2, -0.15) is 13.2 Å². The van der Waals surface area contributed by atoms with Crippen LogP contribution in [0.4, 0.5) is 13.2 Å². The Bertz CT molecular complexity index is 818. The third kappa shape index (κ3) is 4.34. The van der Waals surface area contributed by atoms with Gasteiger partial charge in [-0.05, 0) is 31.5 Å². The predicted molar refractivity (Wildman–Crippen MR) is 93.0 cm³/mol. The fraction of sp³-hybridized carbons (Fsp3) is 0.500. The average Bonchev–Trinajstić information content (AvgIpc) is 2.86. The van der Waals surface area contributed by atoms with Crippen LogP contribution in [0.1, 0.15) is 25.3 Å². The normalized spacial score (nSPS) is 21.5. The Kier molecular flexibility index (Phi) is 6.03. The van der Waals surface area contributed by atoms with Crippen LogP contribution in [0.25, 0.3) is 0 Å². The largest absolute Gasteiger partial charge is 0.497 e. The number of methoxy groups -OCH3 is 1. The van der Waals surface area contributed by atoms with Crippen molar-refractivity contribution < 1.29 is 31.1 Å². The molecule has 11 heteroatoms. The lowest BCUT2D eigenvalue weighted by atomic mass is 9.96. The number of nitrogens with zero attached hydrogens (tertiary/aromatic N) is 2. The van der Waals surface area contributed by atoms with Crippen LogP contribution < -0.4 is 10.1 Å². The van der Waals surface area contributed by atoms with Crippen LogP contribution in [-0.4, -0.2) is 56.8 Å². The molecule has 0 spiro atoms. The number of amides is 1. The van der Waals surface area contributed by atoms with Crippen LogP contribution in [-0.2, 0) is 14.8 Å². The van der Waals surface area contributed by atoms with Crippen molar-refractivity contribution in [2.75, 3.05) is 20.2 Å². The van der Waals surface area contributed by atoms with E-state index in [4.69, 9.17) is 4.74 Å². The van der Waals surface area contributed by atoms with Crippen molar-refractivity contribution in [3.05, 3.63) is 29.8 Å². The Morgan fingerprint density at radius 1 is 1.22 bits per heavy atom. The molecule has 7 nitrogen and oxygen atoms in total. The summed E-state index contributed by atoms with van der Waals surface area (Å²) < 4.78 is 71.7. The van der Waals surface area contributed by atoms with Gasteiger partial charge >= 0.3 is 12.1 Å². The third-order valence-electron chi connectivity index (χ3n) is 4.22. The topological polar surface area (TPSA) is 88.1 Å². The monoisotopic (exact) mass is 407 g/mol. The lowest BCUT2D eigenvalue weighted by Gasteiger charge is -2.28. The summed E-state index contributed by atoms with van der Waals surface area (Å²) in [5.74, 6) is -2.81. The molecule has 1 heterocycles. The highest BCUT2D eigenvalue weighted by Crippen LogP contribution is 2.35. The summed E-state index contributed by atoms with van der Waals surface area (Å²) in [6.45, 7) is 4.34. The van der Waals surface area contributed by atoms with Crippen LogP contribution in [0, 0.1) is 0 Å². The maximum Gasteiger partial charge on any atom is 0.471 e. The maximum absolute atomic E-state index is 12.7. The lowest BCUT2D eigenvalue weighted by Crippen LogP contribution is -2.49. The minimum atomic E-state index is -5.21. The molecule has 0 saturated heterocycles. The van der Waals surface area contributed by atoms with Crippen molar-refractivity contribution in [3.63, 3.8) is 0 Å². The Hall–Kier alpha value is -2.30. The highest BCUT2D eigenvalue weighted by atomic mass is 32.2. The number of nitrogens with one attached hydrogen (secondary N) is 1. The van der Waals surface area contributed by atoms with Crippen molar-refractivity contribution in [2.45, 2.75) is 31.3 Å². The lowest BCUT2D eigenvalue weighted by molar-refractivity contribution is -0.173. The first-order chi connectivity index (χ1) is 12.5. The van der Waals surface area contributed by atoms with Gasteiger partial charge in [0.2, 0.25) is 0 Å². The number of amidine groups is 1. The second-order valence-electron chi connectivity index (χ2n) is 5.78. The second-order valence-corrected chi connectivity index (χ2v) is 7.50. The molecule has 1 aliphatic rings. The van der Waals surface area contributed by atoms with Crippen LogP contribution in [0.5, 0.6) is 5.75 Å². The number of carbonyl (C=O) groups is 1. The van der Waals surface area contributed by atoms with Gasteiger partial charge in [0.1, 0.15) is 11.6 Å². The number of ether oxygens (including phenoxy) is 1. The molecule has 2 atom stereocenters. The van der Waals surface area contributed by atoms with Gasteiger partial charge < -0.3 is 15.0 Å². The van der Waals surface area contributed by atoms with Gasteiger partial charge in [0.15, 0.2) is 5.37 Å². The zero-order valence-electron chi connectivity index (χ0n) is 14.9. The van der Waals surface area contributed by atoms with Gasteiger partial charge in [0.25, 0.3) is 10.0 Å². The Morgan fingerprint density at radius 2 is 1.78 bits per heavy atom. The molecule has 1 aromatic carbocycles. The molecule has 1 N–H and O–H groups in total. The second kappa shape index (κ2) is 7.75. The van der Waals surface area contributed by atoms with E-state index in [1.807, 2.05) is 0 Å². The van der Waals surface area contributed by atoms with Gasteiger partial charge in [-0.1, -0.05) is 12.1 Å². The molecule has 1 aliphatic heterocycles. The number of halogens is 3. The van der Waals surface area contributed by atoms with E-state index in [0.29, 0.717) is 24.4 Å².